The standard InChI is InChI=1S/C11H17NO/c1-11(2,3)10-9-8(4-6-12-9)5-7-13-10/h4,10H,5-7H2,1-3H3. The van der Waals surface area contributed by atoms with Crippen molar-refractivity contribution in [2.45, 2.75) is 33.3 Å². The van der Waals surface area contributed by atoms with Gasteiger partial charge in [0.1, 0.15) is 6.10 Å². The average molecular weight is 179 g/mol. The van der Waals surface area contributed by atoms with Crippen LogP contribution in [0.1, 0.15) is 27.2 Å². The Labute approximate surface area is 79.7 Å². The van der Waals surface area contributed by atoms with Crippen LogP contribution in [-0.2, 0) is 4.74 Å². The van der Waals surface area contributed by atoms with E-state index in [1.165, 1.54) is 11.3 Å². The lowest BCUT2D eigenvalue weighted by Gasteiger charge is -2.35. The first-order valence-corrected chi connectivity index (χ1v) is 4.94. The minimum Gasteiger partial charge on any atom is -0.371 e. The fourth-order valence-electron chi connectivity index (χ4n) is 1.97. The summed E-state index contributed by atoms with van der Waals surface area (Å²) in [5.41, 5.74) is 2.80. The summed E-state index contributed by atoms with van der Waals surface area (Å²) in [4.78, 5) is 4.50. The summed E-state index contributed by atoms with van der Waals surface area (Å²) in [7, 11) is 0. The number of fused-ring (bicyclic) bond motifs is 1. The van der Waals surface area contributed by atoms with Crippen LogP contribution in [0.2, 0.25) is 0 Å². The zero-order valence-corrected chi connectivity index (χ0v) is 8.63. The Morgan fingerprint density at radius 3 is 2.92 bits per heavy atom. The van der Waals surface area contributed by atoms with Crippen LogP contribution >= 0.6 is 0 Å². The van der Waals surface area contributed by atoms with Gasteiger partial charge in [0.25, 0.3) is 0 Å². The molecule has 0 aromatic heterocycles. The predicted molar refractivity (Wildman–Crippen MR) is 54.2 cm³/mol. The molecular formula is C11H17NO. The van der Waals surface area contributed by atoms with Gasteiger partial charge in [-0.25, -0.2) is 0 Å². The quantitative estimate of drug-likeness (QED) is 0.558. The van der Waals surface area contributed by atoms with Crippen molar-refractivity contribution in [3.05, 3.63) is 11.6 Å². The maximum atomic E-state index is 5.78. The van der Waals surface area contributed by atoms with Gasteiger partial charge in [-0.05, 0) is 17.4 Å². The second kappa shape index (κ2) is 2.95. The van der Waals surface area contributed by atoms with Gasteiger partial charge in [-0.1, -0.05) is 26.8 Å². The minimum atomic E-state index is 0.169. The molecule has 0 bridgehead atoms. The van der Waals surface area contributed by atoms with E-state index in [2.05, 4.69) is 31.8 Å². The molecule has 0 aliphatic carbocycles. The molecule has 0 N–H and O–H groups in total. The van der Waals surface area contributed by atoms with Crippen LogP contribution in [0.3, 0.4) is 0 Å². The molecule has 2 nitrogen and oxygen atoms in total. The van der Waals surface area contributed by atoms with Gasteiger partial charge in [0.2, 0.25) is 0 Å². The van der Waals surface area contributed by atoms with Gasteiger partial charge in [0, 0.05) is 0 Å². The van der Waals surface area contributed by atoms with E-state index < -0.39 is 0 Å². The van der Waals surface area contributed by atoms with Gasteiger partial charge in [-0.15, -0.1) is 0 Å². The van der Waals surface area contributed by atoms with E-state index in [4.69, 9.17) is 4.74 Å². The third kappa shape index (κ3) is 1.55. The number of rotatable bonds is 0. The average Bonchev–Trinajstić information content (AvgIpc) is 2.48. The van der Waals surface area contributed by atoms with Crippen molar-refractivity contribution in [3.63, 3.8) is 0 Å². The zero-order valence-electron chi connectivity index (χ0n) is 8.63. The maximum absolute atomic E-state index is 5.78. The molecule has 1 atom stereocenters. The van der Waals surface area contributed by atoms with E-state index in [0.29, 0.717) is 0 Å². The Balaban J connectivity index is 2.25. The number of nitrogens with zero attached hydrogens (tertiary/aromatic N) is 1. The highest BCUT2D eigenvalue weighted by atomic mass is 16.5. The second-order valence-electron chi connectivity index (χ2n) is 4.82. The number of hydrogen-bond acceptors (Lipinski definition) is 2. The monoisotopic (exact) mass is 179 g/mol. The van der Waals surface area contributed by atoms with Gasteiger partial charge in [0.15, 0.2) is 0 Å². The number of hydrogen-bond donors (Lipinski definition) is 0. The summed E-state index contributed by atoms with van der Waals surface area (Å²) in [5.74, 6) is 0. The van der Waals surface area contributed by atoms with E-state index >= 15 is 0 Å². The highest BCUT2D eigenvalue weighted by Crippen LogP contribution is 2.32. The highest BCUT2D eigenvalue weighted by Gasteiger charge is 2.35. The molecule has 0 saturated carbocycles. The van der Waals surface area contributed by atoms with E-state index in [1.807, 2.05) is 0 Å². The molecule has 13 heavy (non-hydrogen) atoms. The molecule has 72 valence electrons. The van der Waals surface area contributed by atoms with Crippen LogP contribution in [0.4, 0.5) is 0 Å². The van der Waals surface area contributed by atoms with Crippen LogP contribution < -0.4 is 0 Å². The minimum absolute atomic E-state index is 0.169. The molecule has 2 aliphatic rings. The fourth-order valence-corrected chi connectivity index (χ4v) is 1.97. The molecule has 2 heteroatoms. The van der Waals surface area contributed by atoms with E-state index in [-0.39, 0.29) is 11.5 Å². The highest BCUT2D eigenvalue weighted by molar-refractivity contribution is 6.05. The van der Waals surface area contributed by atoms with Crippen molar-refractivity contribution in [1.82, 2.24) is 0 Å². The Hall–Kier alpha value is -0.630. The molecule has 0 spiro atoms. The predicted octanol–water partition coefficient (Wildman–Crippen LogP) is 2.20. The molecule has 1 unspecified atom stereocenters. The first-order chi connectivity index (χ1) is 6.09. The third-order valence-electron chi connectivity index (χ3n) is 2.62. The fraction of sp³-hybridized carbons (Fsp3) is 0.727. The topological polar surface area (TPSA) is 21.6 Å². The molecule has 1 fully saturated rings. The molecule has 0 aromatic rings. The normalized spacial score (nSPS) is 28.1. The first-order valence-electron chi connectivity index (χ1n) is 4.94. The molecule has 2 rings (SSSR count). The van der Waals surface area contributed by atoms with Crippen LogP contribution in [0.5, 0.6) is 0 Å². The summed E-state index contributed by atoms with van der Waals surface area (Å²) in [6.07, 6.45) is 3.48. The largest absolute Gasteiger partial charge is 0.371 e. The summed E-state index contributed by atoms with van der Waals surface area (Å²) in [5, 5.41) is 0. The van der Waals surface area contributed by atoms with Gasteiger partial charge in [0.05, 0.1) is 18.9 Å². The third-order valence-corrected chi connectivity index (χ3v) is 2.62. The van der Waals surface area contributed by atoms with E-state index in [0.717, 1.165) is 19.6 Å². The molecular weight excluding hydrogens is 162 g/mol. The van der Waals surface area contributed by atoms with Gasteiger partial charge >= 0.3 is 0 Å². The van der Waals surface area contributed by atoms with Crippen LogP contribution in [0.15, 0.2) is 16.6 Å². The lowest BCUT2D eigenvalue weighted by Crippen LogP contribution is -2.40. The van der Waals surface area contributed by atoms with Gasteiger partial charge in [-0.2, -0.15) is 0 Å². The van der Waals surface area contributed by atoms with Gasteiger partial charge in [-0.3, -0.25) is 4.99 Å². The molecule has 2 aliphatic heterocycles. The maximum Gasteiger partial charge on any atom is 0.104 e. The van der Waals surface area contributed by atoms with Crippen molar-refractivity contribution in [2.75, 3.05) is 13.2 Å². The van der Waals surface area contributed by atoms with E-state index in [1.54, 1.807) is 0 Å². The Morgan fingerprint density at radius 2 is 2.23 bits per heavy atom. The van der Waals surface area contributed by atoms with Gasteiger partial charge < -0.3 is 4.74 Å². The van der Waals surface area contributed by atoms with Crippen LogP contribution in [-0.4, -0.2) is 25.0 Å². The summed E-state index contributed by atoms with van der Waals surface area (Å²) in [6, 6.07) is 0. The number of ether oxygens (including phenoxy) is 1. The summed E-state index contributed by atoms with van der Waals surface area (Å²) >= 11 is 0. The Morgan fingerprint density at radius 1 is 1.46 bits per heavy atom. The van der Waals surface area contributed by atoms with Crippen molar-refractivity contribution < 1.29 is 4.74 Å². The molecule has 0 radical (unpaired) electrons. The SMILES string of the molecule is CC(C)(C)C1OCCC2=CCN=C21. The smallest absolute Gasteiger partial charge is 0.104 e. The van der Waals surface area contributed by atoms with E-state index in [9.17, 15) is 0 Å². The molecule has 1 saturated heterocycles. The lowest BCUT2D eigenvalue weighted by atomic mass is 9.82. The molecule has 2 heterocycles. The number of aliphatic imine (C=N–C) groups is 1. The Bertz CT molecular complexity index is 270. The zero-order chi connectivity index (χ0) is 9.47. The van der Waals surface area contributed by atoms with Crippen LogP contribution in [0.25, 0.3) is 0 Å². The van der Waals surface area contributed by atoms with Crippen LogP contribution in [0, 0.1) is 5.41 Å². The van der Waals surface area contributed by atoms with Crippen molar-refractivity contribution in [3.8, 4) is 0 Å². The molecule has 0 amide bonds. The Kier molecular flexibility index (Phi) is 2.03. The molecule has 0 aromatic carbocycles. The first kappa shape index (κ1) is 8.95. The van der Waals surface area contributed by atoms with Crippen molar-refractivity contribution >= 4 is 5.71 Å². The summed E-state index contributed by atoms with van der Waals surface area (Å²) < 4.78 is 5.78. The van der Waals surface area contributed by atoms with Crippen molar-refractivity contribution in [2.24, 2.45) is 10.4 Å². The lowest BCUT2D eigenvalue weighted by molar-refractivity contribution is 0.0228. The van der Waals surface area contributed by atoms with Crippen molar-refractivity contribution in [1.29, 1.82) is 0 Å². The second-order valence-corrected chi connectivity index (χ2v) is 4.82. The summed E-state index contributed by atoms with van der Waals surface area (Å²) in [6.45, 7) is 8.34.